The molecule has 0 radical (unpaired) electrons. The first-order valence-electron chi connectivity index (χ1n) is 19.6. The molecule has 61 heavy (non-hydrogen) atoms. The van der Waals surface area contributed by atoms with Crippen LogP contribution in [-0.2, 0) is 5.60 Å². The summed E-state index contributed by atoms with van der Waals surface area (Å²) in [4.78, 5) is 11.4. The number of hydrogen-bond acceptors (Lipinski definition) is 7. The Hall–Kier alpha value is -4.77. The minimum Gasteiger partial charge on any atom is -0.381 e. The van der Waals surface area contributed by atoms with Crippen LogP contribution in [0, 0.1) is 0 Å². The fourth-order valence-electron chi connectivity index (χ4n) is 6.01. The van der Waals surface area contributed by atoms with Gasteiger partial charge in [-0.2, -0.15) is 45.3 Å². The van der Waals surface area contributed by atoms with Gasteiger partial charge in [-0.25, -0.2) is 0 Å². The van der Waals surface area contributed by atoms with Gasteiger partial charge in [-0.1, -0.05) is 142 Å². The van der Waals surface area contributed by atoms with Crippen LogP contribution in [0.3, 0.4) is 0 Å². The molecule has 0 aliphatic rings. The van der Waals surface area contributed by atoms with Gasteiger partial charge < -0.3 is 5.11 Å². The molecule has 1 N–H and O–H groups in total. The lowest BCUT2D eigenvalue weighted by Crippen LogP contribution is -2.21. The number of aliphatic hydroxyl groups is 1. The molecule has 0 fully saturated rings. The molecule has 2 nitrogen and oxygen atoms in total. The lowest BCUT2D eigenvalue weighted by Gasteiger charge is -2.22. The fourth-order valence-corrected chi connectivity index (χ4v) is 10.1. The Bertz CT molecular complexity index is 2490. The molecule has 0 saturated carbocycles. The number of hydrogen-bond donors (Lipinski definition) is 1. The van der Waals surface area contributed by atoms with E-state index in [9.17, 15) is 9.90 Å². The third-order valence-corrected chi connectivity index (χ3v) is 14.2. The van der Waals surface area contributed by atoms with Crippen LogP contribution in [0.5, 0.6) is 0 Å². The zero-order chi connectivity index (χ0) is 43.3. The fraction of sp³-hybridized carbons (Fsp3) is 0.113. The molecule has 0 aliphatic carbocycles. The predicted molar refractivity (Wildman–Crippen MR) is 272 cm³/mol. The lowest BCUT2D eigenvalue weighted by atomic mass is 9.90. The number of carbonyl (C=O) groups is 1. The smallest absolute Gasteiger partial charge is 0.160 e. The van der Waals surface area contributed by atoms with Crippen LogP contribution in [0.1, 0.15) is 86.8 Å². The number of aldehydes is 1. The van der Waals surface area contributed by atoms with Crippen LogP contribution in [0.2, 0.25) is 0 Å². The van der Waals surface area contributed by atoms with Gasteiger partial charge in [0.2, 0.25) is 0 Å². The van der Waals surface area contributed by atoms with Gasteiger partial charge in [0.25, 0.3) is 0 Å². The SMILES string of the molecule is Brc1ccsc1.C=C(c1ccccc1)c1ccsc1.CC(O)(c1ccccc1)c1ccsc1.CC(c1ccccc1)c1ccsc1.CC(c1ccccc1)c1csc(C=O)c1. The second-order valence-corrected chi connectivity index (χ2v) is 18.9. The molecule has 0 spiro atoms. The van der Waals surface area contributed by atoms with Crippen LogP contribution in [0.4, 0.5) is 0 Å². The highest BCUT2D eigenvalue weighted by atomic mass is 79.9. The monoisotopic (exact) mass is 956 g/mol. The Labute approximate surface area is 390 Å². The highest BCUT2D eigenvalue weighted by molar-refractivity contribution is 9.10. The Morgan fingerprint density at radius 3 is 1.52 bits per heavy atom. The summed E-state index contributed by atoms with van der Waals surface area (Å²) in [5.74, 6) is 0.878. The average molecular weight is 958 g/mol. The van der Waals surface area contributed by atoms with Gasteiger partial charge in [0.05, 0.1) is 4.88 Å². The van der Waals surface area contributed by atoms with Crippen molar-refractivity contribution in [1.29, 1.82) is 0 Å². The molecule has 9 aromatic rings. The molecule has 9 rings (SSSR count). The second kappa shape index (κ2) is 25.2. The molecule has 3 atom stereocenters. The maximum Gasteiger partial charge on any atom is 0.160 e. The normalized spacial score (nSPS) is 12.1. The molecule has 0 amide bonds. The first kappa shape index (κ1) is 47.3. The van der Waals surface area contributed by atoms with Gasteiger partial charge in [0.1, 0.15) is 5.60 Å². The molecule has 5 aromatic heterocycles. The quantitative estimate of drug-likeness (QED) is 0.146. The number of carbonyl (C=O) groups excluding carboxylic acids is 1. The van der Waals surface area contributed by atoms with E-state index >= 15 is 0 Å². The third-order valence-electron chi connectivity index (χ3n) is 9.80. The highest BCUT2D eigenvalue weighted by Crippen LogP contribution is 2.31. The first-order chi connectivity index (χ1) is 29.7. The van der Waals surface area contributed by atoms with E-state index in [1.807, 2.05) is 113 Å². The Morgan fingerprint density at radius 1 is 0.557 bits per heavy atom. The molecular weight excluding hydrogens is 909 g/mol. The van der Waals surface area contributed by atoms with Crippen molar-refractivity contribution >= 4 is 84.5 Å². The van der Waals surface area contributed by atoms with E-state index in [1.165, 1.54) is 49.2 Å². The Balaban J connectivity index is 0.000000147. The van der Waals surface area contributed by atoms with E-state index in [4.69, 9.17) is 0 Å². The largest absolute Gasteiger partial charge is 0.381 e. The van der Waals surface area contributed by atoms with Crippen LogP contribution in [-0.4, -0.2) is 11.4 Å². The summed E-state index contributed by atoms with van der Waals surface area (Å²) in [7, 11) is 0. The van der Waals surface area contributed by atoms with Crippen molar-refractivity contribution in [3.8, 4) is 0 Å². The number of thiophene rings is 5. The van der Waals surface area contributed by atoms with E-state index < -0.39 is 5.60 Å². The number of benzene rings is 4. The van der Waals surface area contributed by atoms with Crippen LogP contribution in [0.15, 0.2) is 211 Å². The second-order valence-electron chi connectivity index (χ2n) is 14.0. The van der Waals surface area contributed by atoms with Crippen molar-refractivity contribution in [3.63, 3.8) is 0 Å². The van der Waals surface area contributed by atoms with E-state index in [1.54, 1.807) is 45.3 Å². The molecule has 0 aliphatic heterocycles. The van der Waals surface area contributed by atoms with Gasteiger partial charge in [0.15, 0.2) is 6.29 Å². The number of rotatable bonds is 9. The minimum absolute atomic E-state index is 0.358. The van der Waals surface area contributed by atoms with Crippen molar-refractivity contribution in [2.24, 2.45) is 0 Å². The average Bonchev–Trinajstić information content (AvgIpc) is 4.18. The van der Waals surface area contributed by atoms with Crippen LogP contribution < -0.4 is 0 Å². The first-order valence-corrected chi connectivity index (χ1v) is 25.0. The van der Waals surface area contributed by atoms with E-state index in [0.717, 1.165) is 27.9 Å². The summed E-state index contributed by atoms with van der Waals surface area (Å²) >= 11 is 11.6. The third kappa shape index (κ3) is 15.0. The van der Waals surface area contributed by atoms with E-state index in [0.29, 0.717) is 11.8 Å². The lowest BCUT2D eigenvalue weighted by molar-refractivity contribution is 0.103. The topological polar surface area (TPSA) is 37.3 Å². The summed E-state index contributed by atoms with van der Waals surface area (Å²) in [6.07, 6.45) is 0.909. The summed E-state index contributed by atoms with van der Waals surface area (Å²) in [6.45, 7) is 10.3. The zero-order valence-corrected chi connectivity index (χ0v) is 40.0. The molecule has 5 heterocycles. The summed E-state index contributed by atoms with van der Waals surface area (Å²) < 4.78 is 1.17. The maximum atomic E-state index is 10.6. The van der Waals surface area contributed by atoms with Gasteiger partial charge >= 0.3 is 0 Å². The standard InChI is InChI=1S/C13H12OS.C12H12OS.C12H12S.C12H10S.C4H3BrS/c1-10(11-5-3-2-4-6-11)12-7-13(8-14)15-9-12;1-12(13,11-7-8-14-9-11)10-5-3-2-4-6-10;2*1-10(12-7-8-13-9-12)11-5-3-2-4-6-11;5-4-1-2-6-3-4/h2-10H,1H3;2-9,13H,1H3;2-10H,1H3;2-9H,1H2;1-3H. The summed E-state index contributed by atoms with van der Waals surface area (Å²) in [6, 6.07) is 51.1. The van der Waals surface area contributed by atoms with Crippen molar-refractivity contribution in [2.75, 3.05) is 0 Å². The molecule has 0 saturated heterocycles. The maximum absolute atomic E-state index is 10.6. The summed E-state index contributed by atoms with van der Waals surface area (Å²) in [5.41, 5.74) is 9.82. The van der Waals surface area contributed by atoms with Gasteiger partial charge in [-0.3, -0.25) is 4.79 Å². The van der Waals surface area contributed by atoms with Gasteiger partial charge in [-0.05, 0) is 146 Å². The van der Waals surface area contributed by atoms with E-state index in [-0.39, 0.29) is 0 Å². The van der Waals surface area contributed by atoms with Gasteiger partial charge in [0, 0.05) is 21.7 Å². The molecule has 4 aromatic carbocycles. The van der Waals surface area contributed by atoms with E-state index in [2.05, 4.69) is 130 Å². The predicted octanol–water partition coefficient (Wildman–Crippen LogP) is 16.9. The molecule has 3 unspecified atom stereocenters. The van der Waals surface area contributed by atoms with Crippen molar-refractivity contribution < 1.29 is 9.90 Å². The van der Waals surface area contributed by atoms with Crippen molar-refractivity contribution in [3.05, 3.63) is 261 Å². The molecule has 310 valence electrons. The zero-order valence-electron chi connectivity index (χ0n) is 34.3. The van der Waals surface area contributed by atoms with Crippen molar-refractivity contribution in [2.45, 2.75) is 38.2 Å². The Kier molecular flexibility index (Phi) is 19.6. The minimum atomic E-state index is -0.874. The molecule has 0 bridgehead atoms. The molecular formula is C53H49BrO2S5. The highest BCUT2D eigenvalue weighted by Gasteiger charge is 2.25. The Morgan fingerprint density at radius 2 is 1.07 bits per heavy atom. The summed E-state index contributed by atoms with van der Waals surface area (Å²) in [5, 5.41) is 29.0. The molecule has 8 heteroatoms. The van der Waals surface area contributed by atoms with Crippen LogP contribution in [0.25, 0.3) is 5.57 Å². The van der Waals surface area contributed by atoms with Gasteiger partial charge in [-0.15, -0.1) is 11.3 Å². The number of halogens is 1. The van der Waals surface area contributed by atoms with Crippen LogP contribution >= 0.6 is 72.6 Å². The van der Waals surface area contributed by atoms with Crippen molar-refractivity contribution in [1.82, 2.24) is 0 Å².